The second-order valence-electron chi connectivity index (χ2n) is 18.9. The third-order valence-electron chi connectivity index (χ3n) is 12.4. The molecule has 0 bridgehead atoms. The Hall–Kier alpha value is -8.96. The molecule has 5 atom stereocenters. The Bertz CT molecular complexity index is 3260. The lowest BCUT2D eigenvalue weighted by molar-refractivity contribution is -0.406. The molecule has 0 radical (unpaired) electrons. The summed E-state index contributed by atoms with van der Waals surface area (Å²) in [5, 5.41) is 28.6. The topological polar surface area (TPSA) is 293 Å². The summed E-state index contributed by atoms with van der Waals surface area (Å²) < 4.78 is 144. The Labute approximate surface area is 488 Å². The van der Waals surface area contributed by atoms with Crippen molar-refractivity contribution in [3.05, 3.63) is 182 Å². The first-order chi connectivity index (χ1) is 39.7. The molecule has 5 aromatic carbocycles. The highest BCUT2D eigenvalue weighted by atomic mass is 35.5. The SMILES string of the molecule is COC(=O)C(OC(=O)c1ccc(C)cc1)C(OC(=O)c1ccc(C)cc1)C(=O)O.O=Cc1cc([N+](=O)[O-])ccc1O.[Cl-].[NH3+][C@@H]1CC[C@@H](c2cccc(F)c2F)CN(CC(F)(F)F)C1=O.[NH3+][C@H]1CC=C(c2cccc(F)c2F)CN(CC(F)(F)F)C1=O. The molecule has 19 nitrogen and oxygen atoms in total. The maximum Gasteiger partial charge on any atom is 0.406 e. The number of amides is 2. The lowest BCUT2D eigenvalue weighted by atomic mass is 9.93. The molecule has 7 rings (SSSR count). The van der Waals surface area contributed by atoms with Gasteiger partial charge < -0.3 is 58.1 Å². The normalized spacial score (nSPS) is 16.6. The number of nitro groups is 1. The number of phenols is 1. The van der Waals surface area contributed by atoms with Crippen molar-refractivity contribution >= 4 is 53.2 Å². The van der Waals surface area contributed by atoms with E-state index in [2.05, 4.69) is 16.2 Å². The largest absolute Gasteiger partial charge is 1.00 e. The number of hydrogen-bond donors (Lipinski definition) is 4. The number of carbonyl (C=O) groups excluding carboxylic acids is 6. The highest BCUT2D eigenvalue weighted by Gasteiger charge is 2.43. The van der Waals surface area contributed by atoms with E-state index in [4.69, 9.17) is 14.6 Å². The molecule has 0 aliphatic carbocycles. The Morgan fingerprint density at radius 2 is 1.23 bits per heavy atom. The third kappa shape index (κ3) is 21.0. The van der Waals surface area contributed by atoms with Crippen LogP contribution in [0.3, 0.4) is 0 Å². The van der Waals surface area contributed by atoms with Gasteiger partial charge in [-0.3, -0.25) is 24.5 Å². The second kappa shape index (κ2) is 31.8. The zero-order valence-corrected chi connectivity index (χ0v) is 46.3. The number of aliphatic carboxylic acids is 1. The minimum atomic E-state index is -4.58. The van der Waals surface area contributed by atoms with Gasteiger partial charge >= 0.3 is 36.2 Å². The number of carboxylic acids is 1. The maximum absolute atomic E-state index is 13.9. The van der Waals surface area contributed by atoms with Gasteiger partial charge in [0.15, 0.2) is 41.6 Å². The number of esters is 3. The Morgan fingerprint density at radius 3 is 1.73 bits per heavy atom. The number of non-ortho nitro benzene ring substituents is 1. The lowest BCUT2D eigenvalue weighted by Crippen LogP contribution is -3.00. The van der Waals surface area contributed by atoms with E-state index in [1.165, 1.54) is 54.6 Å². The number of likely N-dealkylation sites (tertiary alicyclic amines) is 1. The maximum atomic E-state index is 13.9. The summed E-state index contributed by atoms with van der Waals surface area (Å²) in [6.07, 6.45) is -10.8. The molecule has 30 heteroatoms. The molecule has 0 aromatic heterocycles. The van der Waals surface area contributed by atoms with Gasteiger partial charge in [0.05, 0.1) is 28.7 Å². The molecule has 0 spiro atoms. The fraction of sp³-hybridized carbons (Fsp3) is 0.304. The Kier molecular flexibility index (Phi) is 26.4. The number of methoxy groups -OCH3 is 1. The molecule has 0 saturated carbocycles. The van der Waals surface area contributed by atoms with E-state index in [1.54, 1.807) is 24.3 Å². The van der Waals surface area contributed by atoms with Gasteiger partial charge in [-0.25, -0.2) is 36.7 Å². The van der Waals surface area contributed by atoms with Crippen molar-refractivity contribution in [2.24, 2.45) is 0 Å². The first kappa shape index (κ1) is 71.3. The van der Waals surface area contributed by atoms with Crippen LogP contribution in [-0.4, -0.2) is 137 Å². The summed E-state index contributed by atoms with van der Waals surface area (Å²) in [5.41, 5.74) is 8.72. The molecule has 1 saturated heterocycles. The number of nitro benzene ring substituents is 1. The standard InChI is InChI=1S/C21H20O8.C14H15F5N2O.C14H13F5N2O.C7H5NO4.ClH/c1-12-4-8-14(9-5-12)19(24)28-16(18(22)23)17(21(26)27-3)29-20(25)15-10-6-13(2)7-11-15;2*15-10-3-1-2-9(12(10)16)8-4-5-11(20)13(22)21(6-8)7-14(17,18)19;9-4-5-3-6(8(11)12)1-2-7(5)10;/h4-11,16-17H,1-3H3,(H,22,23);1-3,8,11H,4-7,20H2;1-4,11H,5-7,20H2;1-4,10H;1H/p+1/t;8-,11-;11-;;/m.10../s1. The number of quaternary nitrogens is 2. The number of phenolic OH excluding ortho intramolecular Hbond substituents is 1. The fourth-order valence-electron chi connectivity index (χ4n) is 8.06. The molecular weight excluding hydrogens is 1190 g/mol. The van der Waals surface area contributed by atoms with E-state index in [9.17, 15) is 92.7 Å². The molecule has 2 amide bonds. The summed E-state index contributed by atoms with van der Waals surface area (Å²) in [6.45, 7) is 0.0250. The number of aromatic hydroxyl groups is 1. The van der Waals surface area contributed by atoms with Crippen molar-refractivity contribution in [3.8, 4) is 5.75 Å². The van der Waals surface area contributed by atoms with Crippen LogP contribution in [0, 0.1) is 47.2 Å². The van der Waals surface area contributed by atoms with Crippen LogP contribution in [0.1, 0.15) is 78.5 Å². The number of ether oxygens (including phenoxy) is 3. The van der Waals surface area contributed by atoms with Crippen molar-refractivity contribution in [1.82, 2.24) is 9.80 Å². The summed E-state index contributed by atoms with van der Waals surface area (Å²) in [7, 11) is 0.996. The van der Waals surface area contributed by atoms with Crippen molar-refractivity contribution in [2.75, 3.05) is 33.3 Å². The van der Waals surface area contributed by atoms with Gasteiger partial charge in [-0.1, -0.05) is 65.7 Å². The van der Waals surface area contributed by atoms with Crippen LogP contribution >= 0.6 is 0 Å². The number of aldehydes is 1. The molecule has 464 valence electrons. The highest BCUT2D eigenvalue weighted by Crippen LogP contribution is 2.32. The number of nitrogens with zero attached hydrogens (tertiary/aromatic N) is 3. The van der Waals surface area contributed by atoms with E-state index >= 15 is 0 Å². The number of rotatable bonds is 13. The van der Waals surface area contributed by atoms with E-state index < -0.39 is 126 Å². The molecule has 2 heterocycles. The summed E-state index contributed by atoms with van der Waals surface area (Å²) >= 11 is 0. The predicted molar refractivity (Wildman–Crippen MR) is 276 cm³/mol. The van der Waals surface area contributed by atoms with Gasteiger partial charge in [0, 0.05) is 49.5 Å². The molecule has 86 heavy (non-hydrogen) atoms. The second-order valence-corrected chi connectivity index (χ2v) is 18.9. The Balaban J connectivity index is 0.000000310. The van der Waals surface area contributed by atoms with Crippen LogP contribution in [0.4, 0.5) is 49.6 Å². The van der Waals surface area contributed by atoms with E-state index in [0.717, 1.165) is 48.6 Å². The van der Waals surface area contributed by atoms with Crippen molar-refractivity contribution in [2.45, 2.75) is 75.7 Å². The lowest BCUT2D eigenvalue weighted by Gasteiger charge is -2.26. The molecule has 5 aromatic rings. The minimum Gasteiger partial charge on any atom is -1.00 e. The highest BCUT2D eigenvalue weighted by molar-refractivity contribution is 5.96. The fourth-order valence-corrected chi connectivity index (χ4v) is 8.06. The van der Waals surface area contributed by atoms with Crippen LogP contribution in [0.2, 0.25) is 0 Å². The average Bonchev–Trinajstić information content (AvgIpc) is 3.44. The minimum absolute atomic E-state index is 0. The predicted octanol–water partition coefficient (Wildman–Crippen LogP) is 4.03. The third-order valence-corrected chi connectivity index (χ3v) is 12.4. The number of hydrogen-bond acceptors (Lipinski definition) is 13. The van der Waals surface area contributed by atoms with Gasteiger partial charge in [0.1, 0.15) is 18.8 Å². The zero-order valence-electron chi connectivity index (χ0n) is 45.5. The van der Waals surface area contributed by atoms with Crippen molar-refractivity contribution < 1.29 is 131 Å². The average molecular weight is 1250 g/mol. The monoisotopic (exact) mass is 1250 g/mol. The van der Waals surface area contributed by atoms with Gasteiger partial charge in [-0.15, -0.1) is 0 Å². The van der Waals surface area contributed by atoms with E-state index in [-0.39, 0.29) is 83.0 Å². The first-order valence-electron chi connectivity index (χ1n) is 25.0. The number of carboxylic acid groups (broad SMARTS) is 1. The Morgan fingerprint density at radius 1 is 0.733 bits per heavy atom. The van der Waals surface area contributed by atoms with Gasteiger partial charge in [-0.05, 0) is 73.9 Å². The summed E-state index contributed by atoms with van der Waals surface area (Å²) in [5.74, 6) is -11.6. The molecule has 2 aliphatic rings. The van der Waals surface area contributed by atoms with Crippen molar-refractivity contribution in [3.63, 3.8) is 0 Å². The van der Waals surface area contributed by atoms with Crippen LogP contribution in [0.15, 0.2) is 109 Å². The molecule has 2 aliphatic heterocycles. The summed E-state index contributed by atoms with van der Waals surface area (Å²) in [6, 6.07) is 21.0. The van der Waals surface area contributed by atoms with E-state index in [1.807, 2.05) is 13.8 Å². The summed E-state index contributed by atoms with van der Waals surface area (Å²) in [4.78, 5) is 93.2. The van der Waals surface area contributed by atoms with Gasteiger partial charge in [0.2, 0.25) is 12.2 Å². The molecule has 1 fully saturated rings. The van der Waals surface area contributed by atoms with Crippen LogP contribution < -0.4 is 23.9 Å². The number of alkyl halides is 6. The van der Waals surface area contributed by atoms with Gasteiger partial charge in [0.25, 0.3) is 17.5 Å². The van der Waals surface area contributed by atoms with Crippen LogP contribution in [-0.2, 0) is 33.4 Å². The molecule has 8 N–H and O–H groups in total. The van der Waals surface area contributed by atoms with E-state index in [0.29, 0.717) is 16.1 Å². The number of carbonyl (C=O) groups is 7. The number of aryl methyl sites for hydroxylation is 2. The number of halogens is 11. The smallest absolute Gasteiger partial charge is 0.406 e. The first-order valence-corrected chi connectivity index (χ1v) is 25.0. The van der Waals surface area contributed by atoms with Crippen molar-refractivity contribution in [1.29, 1.82) is 0 Å². The van der Waals surface area contributed by atoms with Crippen LogP contribution in [0.5, 0.6) is 5.75 Å². The zero-order chi connectivity index (χ0) is 63.7. The molecule has 2 unspecified atom stereocenters. The quantitative estimate of drug-likeness (QED) is 0.0324. The molecular formula is C56H55ClF10N5O14+. The number of benzene rings is 5. The van der Waals surface area contributed by atoms with Gasteiger partial charge in [-0.2, -0.15) is 26.3 Å². The van der Waals surface area contributed by atoms with Crippen LogP contribution in [0.25, 0.3) is 5.57 Å².